The molecule has 276 valence electrons. The van der Waals surface area contributed by atoms with E-state index in [1.54, 1.807) is 31.2 Å². The van der Waals surface area contributed by atoms with Crippen molar-refractivity contribution in [3.63, 3.8) is 0 Å². The molecule has 1 aliphatic heterocycles. The number of aliphatic hydroxyl groups is 2. The van der Waals surface area contributed by atoms with Crippen LogP contribution < -0.4 is 10.1 Å². The average molecular weight is 767 g/mol. The maximum absolute atomic E-state index is 16.0. The van der Waals surface area contributed by atoms with E-state index in [-0.39, 0.29) is 50.5 Å². The van der Waals surface area contributed by atoms with Gasteiger partial charge in [-0.25, -0.2) is 39.0 Å². The quantitative estimate of drug-likeness (QED) is 0.145. The van der Waals surface area contributed by atoms with Gasteiger partial charge in [-0.15, -0.1) is 0 Å². The molecule has 6 aromatic rings. The molecule has 7 rings (SSSR count). The van der Waals surface area contributed by atoms with E-state index in [2.05, 4.69) is 15.3 Å². The van der Waals surface area contributed by atoms with Gasteiger partial charge in [-0.2, -0.15) is 0 Å². The first kappa shape index (κ1) is 36.4. The molecule has 0 aliphatic carbocycles. The number of aryl methyl sites for hydroxylation is 1. The summed E-state index contributed by atoms with van der Waals surface area (Å²) in [6.07, 6.45) is 1.17. The molecule has 53 heavy (non-hydrogen) atoms. The third-order valence-electron chi connectivity index (χ3n) is 9.08. The highest BCUT2D eigenvalue weighted by Gasteiger charge is 2.31. The Morgan fingerprint density at radius 1 is 1.00 bits per heavy atom. The number of aliphatic hydroxyl groups excluding tert-OH is 2. The Bertz CT molecular complexity index is 2610. The minimum absolute atomic E-state index is 0.0524. The van der Waals surface area contributed by atoms with E-state index in [4.69, 9.17) is 4.74 Å². The fourth-order valence-corrected chi connectivity index (χ4v) is 8.90. The average Bonchev–Trinajstić information content (AvgIpc) is 3.74. The Labute approximate surface area is 302 Å². The summed E-state index contributed by atoms with van der Waals surface area (Å²) in [6, 6.07) is 15.5. The molecule has 0 bridgehead atoms. The first-order valence-electron chi connectivity index (χ1n) is 16.4. The standard InChI is InChI=1S/C37H33F3N4O7S2/c1-20-6-9-24(10-7-20)53(49,50)44-15-13-25-31(44)18-29(39)35(36(25)52(2,47)48)51-23-8-11-28(38)27(17-23)37-42-30-12-14-41-33(34(30)43-37)26-5-3-4-21(32(26)40)16-22(46)19-45/h3-11,13,15,17-18,22,33,41,45-46H,12,14,16,19H2,1-2H3,(H,42,43). The number of benzene rings is 4. The van der Waals surface area contributed by atoms with Crippen molar-refractivity contribution in [2.45, 2.75) is 41.7 Å². The van der Waals surface area contributed by atoms with Gasteiger partial charge in [0.2, 0.25) is 0 Å². The van der Waals surface area contributed by atoms with E-state index < -0.39 is 66.7 Å². The minimum atomic E-state index is -4.25. The molecule has 0 amide bonds. The number of aromatic amines is 1. The van der Waals surface area contributed by atoms with Crippen LogP contribution in [0, 0.1) is 24.4 Å². The van der Waals surface area contributed by atoms with Crippen LogP contribution in [-0.4, -0.2) is 66.5 Å². The largest absolute Gasteiger partial charge is 0.453 e. The highest BCUT2D eigenvalue weighted by molar-refractivity contribution is 7.91. The summed E-state index contributed by atoms with van der Waals surface area (Å²) >= 11 is 0. The first-order valence-corrected chi connectivity index (χ1v) is 19.7. The number of nitrogens with one attached hydrogen (secondary N) is 2. The third-order valence-corrected chi connectivity index (χ3v) is 11.9. The SMILES string of the molecule is Cc1ccc(S(=O)(=O)n2ccc3c(S(C)(=O)=O)c(Oc4ccc(F)c(-c5nc6c([nH]5)CCNC6c5cccc(CC(O)CO)c5F)c4)c(F)cc32)cc1. The van der Waals surface area contributed by atoms with Crippen molar-refractivity contribution >= 4 is 30.8 Å². The summed E-state index contributed by atoms with van der Waals surface area (Å²) in [5, 5.41) is 22.2. The number of fused-ring (bicyclic) bond motifs is 2. The van der Waals surface area contributed by atoms with Crippen LogP contribution in [0.1, 0.15) is 34.1 Å². The first-order chi connectivity index (χ1) is 25.2. The second-order valence-corrected chi connectivity index (χ2v) is 16.6. The number of H-pyrrole nitrogens is 1. The van der Waals surface area contributed by atoms with E-state index >= 15 is 13.2 Å². The van der Waals surface area contributed by atoms with Gasteiger partial charge in [0, 0.05) is 54.5 Å². The van der Waals surface area contributed by atoms with Gasteiger partial charge < -0.3 is 25.3 Å². The molecule has 2 aromatic heterocycles. The molecule has 3 heterocycles. The molecule has 0 saturated heterocycles. The second kappa shape index (κ2) is 13.8. The van der Waals surface area contributed by atoms with E-state index in [9.17, 15) is 27.0 Å². The van der Waals surface area contributed by atoms with Crippen LogP contribution in [0.25, 0.3) is 22.3 Å². The Morgan fingerprint density at radius 3 is 2.47 bits per heavy atom. The molecule has 0 saturated carbocycles. The number of sulfone groups is 1. The second-order valence-electron chi connectivity index (χ2n) is 12.8. The number of imidazole rings is 1. The topological polar surface area (TPSA) is 164 Å². The zero-order chi connectivity index (χ0) is 37.8. The predicted molar refractivity (Wildman–Crippen MR) is 190 cm³/mol. The van der Waals surface area contributed by atoms with E-state index in [0.29, 0.717) is 24.4 Å². The predicted octanol–water partition coefficient (Wildman–Crippen LogP) is 5.32. The molecular formula is C37H33F3N4O7S2. The third kappa shape index (κ3) is 6.72. The number of hydrogen-bond donors (Lipinski definition) is 4. The summed E-state index contributed by atoms with van der Waals surface area (Å²) in [5.74, 6) is -3.32. The van der Waals surface area contributed by atoms with Crippen molar-refractivity contribution in [3.05, 3.63) is 125 Å². The lowest BCUT2D eigenvalue weighted by Gasteiger charge is -2.24. The van der Waals surface area contributed by atoms with Crippen molar-refractivity contribution < 1.29 is 45.0 Å². The fourth-order valence-electron chi connectivity index (χ4n) is 6.51. The van der Waals surface area contributed by atoms with Gasteiger partial charge in [-0.1, -0.05) is 35.9 Å². The van der Waals surface area contributed by atoms with Gasteiger partial charge >= 0.3 is 0 Å². The van der Waals surface area contributed by atoms with Crippen molar-refractivity contribution in [2.24, 2.45) is 0 Å². The number of nitrogens with zero attached hydrogens (tertiary/aromatic N) is 2. The summed E-state index contributed by atoms with van der Waals surface area (Å²) in [4.78, 5) is 7.01. The number of halogens is 3. The normalized spacial score (nSPS) is 15.4. The smallest absolute Gasteiger partial charge is 0.268 e. The summed E-state index contributed by atoms with van der Waals surface area (Å²) in [6.45, 7) is 1.68. The molecule has 2 unspecified atom stereocenters. The zero-order valence-electron chi connectivity index (χ0n) is 28.3. The zero-order valence-corrected chi connectivity index (χ0v) is 29.9. The van der Waals surface area contributed by atoms with Crippen molar-refractivity contribution in [1.82, 2.24) is 19.3 Å². The number of hydrogen-bond acceptors (Lipinski definition) is 9. The van der Waals surface area contributed by atoms with Crippen LogP contribution in [0.2, 0.25) is 0 Å². The lowest BCUT2D eigenvalue weighted by Crippen LogP contribution is -2.31. The van der Waals surface area contributed by atoms with Crippen molar-refractivity contribution in [3.8, 4) is 22.9 Å². The molecule has 11 nitrogen and oxygen atoms in total. The number of ether oxygens (including phenoxy) is 1. The highest BCUT2D eigenvalue weighted by atomic mass is 32.2. The number of rotatable bonds is 10. The van der Waals surface area contributed by atoms with Crippen LogP contribution in [0.5, 0.6) is 11.5 Å². The van der Waals surface area contributed by atoms with Crippen LogP contribution in [0.3, 0.4) is 0 Å². The van der Waals surface area contributed by atoms with Crippen molar-refractivity contribution in [1.29, 1.82) is 0 Å². The van der Waals surface area contributed by atoms with E-state index in [0.717, 1.165) is 34.1 Å². The molecule has 0 spiro atoms. The molecule has 0 radical (unpaired) electrons. The Balaban J connectivity index is 1.26. The van der Waals surface area contributed by atoms with Gasteiger partial charge in [0.1, 0.15) is 28.1 Å². The van der Waals surface area contributed by atoms with Gasteiger partial charge in [0.05, 0.1) is 40.4 Å². The maximum Gasteiger partial charge on any atom is 0.268 e. The van der Waals surface area contributed by atoms with Gasteiger partial charge in [-0.05, 0) is 48.9 Å². The molecule has 16 heteroatoms. The minimum Gasteiger partial charge on any atom is -0.453 e. The summed E-state index contributed by atoms with van der Waals surface area (Å²) in [5.41, 5.74) is 1.93. The maximum atomic E-state index is 16.0. The molecule has 1 aliphatic rings. The highest BCUT2D eigenvalue weighted by Crippen LogP contribution is 2.40. The molecule has 0 fully saturated rings. The monoisotopic (exact) mass is 766 g/mol. The van der Waals surface area contributed by atoms with Gasteiger partial charge in [0.15, 0.2) is 21.4 Å². The molecule has 4 N–H and O–H groups in total. The van der Waals surface area contributed by atoms with E-state index in [1.165, 1.54) is 36.4 Å². The molecule has 2 atom stereocenters. The lowest BCUT2D eigenvalue weighted by atomic mass is 9.94. The van der Waals surface area contributed by atoms with Crippen LogP contribution >= 0.6 is 0 Å². The van der Waals surface area contributed by atoms with Crippen LogP contribution in [0.15, 0.2) is 88.8 Å². The Morgan fingerprint density at radius 2 is 1.75 bits per heavy atom. The lowest BCUT2D eigenvalue weighted by molar-refractivity contribution is 0.0947. The van der Waals surface area contributed by atoms with Crippen LogP contribution in [-0.2, 0) is 32.7 Å². The van der Waals surface area contributed by atoms with E-state index in [1.807, 2.05) is 0 Å². The molecular weight excluding hydrogens is 734 g/mol. The van der Waals surface area contributed by atoms with Gasteiger partial charge in [0.25, 0.3) is 10.0 Å². The fraction of sp³-hybridized carbons (Fsp3) is 0.216. The summed E-state index contributed by atoms with van der Waals surface area (Å²) < 4.78 is 107. The summed E-state index contributed by atoms with van der Waals surface area (Å²) in [7, 11) is -8.50. The Kier molecular flexibility index (Phi) is 9.44. The Hall–Kier alpha value is -5.00. The van der Waals surface area contributed by atoms with Crippen LogP contribution in [0.4, 0.5) is 13.2 Å². The molecule has 4 aromatic carbocycles. The van der Waals surface area contributed by atoms with Crippen molar-refractivity contribution in [2.75, 3.05) is 19.4 Å². The number of aromatic nitrogens is 3. The van der Waals surface area contributed by atoms with Gasteiger partial charge in [-0.3, -0.25) is 0 Å².